The summed E-state index contributed by atoms with van der Waals surface area (Å²) in [5.41, 5.74) is 0. The van der Waals surface area contributed by atoms with Crippen molar-refractivity contribution in [3.8, 4) is 0 Å². The van der Waals surface area contributed by atoms with E-state index in [1.807, 2.05) is 6.92 Å². The van der Waals surface area contributed by atoms with E-state index in [-0.39, 0.29) is 5.25 Å². The number of thioether (sulfide) groups is 1. The lowest BCUT2D eigenvalue weighted by molar-refractivity contribution is 0.196. The summed E-state index contributed by atoms with van der Waals surface area (Å²) in [4.78, 5) is 0.322. The highest BCUT2D eigenvalue weighted by Gasteiger charge is 2.26. The van der Waals surface area contributed by atoms with E-state index in [1.54, 1.807) is 6.92 Å². The van der Waals surface area contributed by atoms with E-state index < -0.39 is 26.6 Å². The highest BCUT2D eigenvalue weighted by Crippen LogP contribution is 2.27. The molecule has 1 N–H and O–H groups in total. The highest BCUT2D eigenvalue weighted by atomic mass is 32.2. The van der Waals surface area contributed by atoms with Gasteiger partial charge in [0.2, 0.25) is 9.84 Å². The fraction of sp³-hybridized carbons (Fsp3) is 0.455. The number of alkyl halides is 2. The molecule has 1 rings (SSSR count). The van der Waals surface area contributed by atoms with Crippen LogP contribution in [0.15, 0.2) is 34.1 Å². The molecule has 0 amide bonds. The van der Waals surface area contributed by atoms with Crippen molar-refractivity contribution in [2.45, 2.75) is 40.7 Å². The molecule has 102 valence electrons. The molecule has 1 aromatic carbocycles. The Hall–Kier alpha value is -0.660. The van der Waals surface area contributed by atoms with Crippen molar-refractivity contribution in [2.24, 2.45) is 0 Å². The lowest BCUT2D eigenvalue weighted by Crippen LogP contribution is -2.15. The largest absolute Gasteiger partial charge is 0.392 e. The topological polar surface area (TPSA) is 54.4 Å². The first-order chi connectivity index (χ1) is 8.25. The molecule has 0 saturated heterocycles. The van der Waals surface area contributed by atoms with Crippen LogP contribution in [0.3, 0.4) is 0 Å². The fourth-order valence-electron chi connectivity index (χ4n) is 1.12. The van der Waals surface area contributed by atoms with Gasteiger partial charge in [0.1, 0.15) is 0 Å². The second-order valence-electron chi connectivity index (χ2n) is 3.84. The number of rotatable bonds is 5. The van der Waals surface area contributed by atoms with Gasteiger partial charge in [-0.15, -0.1) is 11.8 Å². The van der Waals surface area contributed by atoms with Crippen LogP contribution in [0.5, 0.6) is 0 Å². The summed E-state index contributed by atoms with van der Waals surface area (Å²) >= 11 is 1.35. The molecular formula is C11H14F2O3S2. The molecule has 18 heavy (non-hydrogen) atoms. The summed E-state index contributed by atoms with van der Waals surface area (Å²) in [5.74, 6) is -3.41. The van der Waals surface area contributed by atoms with Crippen LogP contribution in [0.1, 0.15) is 13.8 Å². The Morgan fingerprint density at radius 1 is 1.17 bits per heavy atom. The number of aliphatic hydroxyl groups is 1. The lowest BCUT2D eigenvalue weighted by Gasteiger charge is -2.14. The second kappa shape index (κ2) is 5.99. The minimum Gasteiger partial charge on any atom is -0.392 e. The molecule has 0 aliphatic carbocycles. The van der Waals surface area contributed by atoms with Gasteiger partial charge < -0.3 is 5.11 Å². The van der Waals surface area contributed by atoms with Crippen molar-refractivity contribution in [1.82, 2.24) is 0 Å². The van der Waals surface area contributed by atoms with E-state index in [1.165, 1.54) is 23.9 Å². The molecule has 0 radical (unpaired) electrons. The zero-order chi connectivity index (χ0) is 13.9. The molecule has 0 aliphatic heterocycles. The monoisotopic (exact) mass is 296 g/mol. The number of hydrogen-bond acceptors (Lipinski definition) is 4. The van der Waals surface area contributed by atoms with E-state index in [4.69, 9.17) is 0 Å². The Morgan fingerprint density at radius 3 is 2.06 bits per heavy atom. The van der Waals surface area contributed by atoms with Crippen LogP contribution in [-0.4, -0.2) is 30.6 Å². The predicted octanol–water partition coefficient (Wildman–Crippen LogP) is 2.54. The van der Waals surface area contributed by atoms with Crippen LogP contribution < -0.4 is 0 Å². The molecule has 0 heterocycles. The van der Waals surface area contributed by atoms with E-state index in [0.717, 1.165) is 17.0 Å². The van der Waals surface area contributed by atoms with Crippen molar-refractivity contribution in [1.29, 1.82) is 0 Å². The maximum absolute atomic E-state index is 12.3. The average Bonchev–Trinajstić information content (AvgIpc) is 2.29. The summed E-state index contributed by atoms with van der Waals surface area (Å²) < 4.78 is 46.9. The molecule has 0 bridgehead atoms. The molecule has 2 unspecified atom stereocenters. The van der Waals surface area contributed by atoms with Gasteiger partial charge >= 0.3 is 5.76 Å². The Balaban J connectivity index is 2.88. The number of halogens is 2. The van der Waals surface area contributed by atoms with Gasteiger partial charge in [-0.05, 0) is 31.2 Å². The van der Waals surface area contributed by atoms with Gasteiger partial charge in [0.05, 0.1) is 11.0 Å². The molecular weight excluding hydrogens is 282 g/mol. The van der Waals surface area contributed by atoms with Gasteiger partial charge in [-0.1, -0.05) is 6.92 Å². The van der Waals surface area contributed by atoms with E-state index >= 15 is 0 Å². The number of sulfone groups is 1. The van der Waals surface area contributed by atoms with Gasteiger partial charge in [0.25, 0.3) is 0 Å². The predicted molar refractivity (Wildman–Crippen MR) is 66.6 cm³/mol. The van der Waals surface area contributed by atoms with Gasteiger partial charge in [-0.2, -0.15) is 8.78 Å². The average molecular weight is 296 g/mol. The minimum absolute atomic E-state index is 0.0671. The second-order valence-corrected chi connectivity index (χ2v) is 7.21. The first kappa shape index (κ1) is 15.4. The molecule has 0 spiro atoms. The number of benzene rings is 1. The molecule has 0 aromatic heterocycles. The lowest BCUT2D eigenvalue weighted by atomic mass is 10.3. The van der Waals surface area contributed by atoms with Crippen molar-refractivity contribution in [3.05, 3.63) is 24.3 Å². The van der Waals surface area contributed by atoms with Gasteiger partial charge in [0, 0.05) is 10.1 Å². The van der Waals surface area contributed by atoms with Gasteiger partial charge in [0.15, 0.2) is 0 Å². The van der Waals surface area contributed by atoms with Crippen molar-refractivity contribution < 1.29 is 22.3 Å². The maximum atomic E-state index is 12.3. The number of hydrogen-bond donors (Lipinski definition) is 1. The van der Waals surface area contributed by atoms with Crippen molar-refractivity contribution in [3.63, 3.8) is 0 Å². The molecule has 0 aliphatic rings. The Kier molecular flexibility index (Phi) is 5.12. The van der Waals surface area contributed by atoms with Crippen LogP contribution in [0.2, 0.25) is 0 Å². The van der Waals surface area contributed by atoms with Crippen LogP contribution in [0, 0.1) is 0 Å². The van der Waals surface area contributed by atoms with Crippen molar-refractivity contribution in [2.75, 3.05) is 0 Å². The van der Waals surface area contributed by atoms with E-state index in [9.17, 15) is 22.3 Å². The standard InChI is InChI=1S/C11H14F2O3S2/c1-7(14)8(2)17-9-3-5-10(6-4-9)18(15,16)11(12)13/h3-8,11,14H,1-2H3. The summed E-state index contributed by atoms with van der Waals surface area (Å²) in [7, 11) is -4.53. The molecule has 1 aromatic rings. The third-order valence-corrected chi connectivity index (χ3v) is 5.10. The SMILES string of the molecule is CC(O)C(C)Sc1ccc(S(=O)(=O)C(F)F)cc1. The van der Waals surface area contributed by atoms with Gasteiger partial charge in [-0.3, -0.25) is 0 Å². The molecule has 3 nitrogen and oxygen atoms in total. The van der Waals surface area contributed by atoms with Crippen LogP contribution in [0.4, 0.5) is 8.78 Å². The van der Waals surface area contributed by atoms with Gasteiger partial charge in [-0.25, -0.2) is 8.42 Å². The summed E-state index contributed by atoms with van der Waals surface area (Å²) in [6.07, 6.45) is -0.514. The van der Waals surface area contributed by atoms with E-state index in [0.29, 0.717) is 0 Å². The summed E-state index contributed by atoms with van der Waals surface area (Å²) in [6.45, 7) is 3.46. The first-order valence-electron chi connectivity index (χ1n) is 5.22. The quantitative estimate of drug-likeness (QED) is 0.848. The Bertz CT molecular complexity index is 484. The highest BCUT2D eigenvalue weighted by molar-refractivity contribution is 8.00. The Morgan fingerprint density at radius 2 is 1.67 bits per heavy atom. The smallest absolute Gasteiger partial charge is 0.341 e. The molecule has 2 atom stereocenters. The fourth-order valence-corrected chi connectivity index (χ4v) is 2.76. The van der Waals surface area contributed by atoms with E-state index in [2.05, 4.69) is 0 Å². The summed E-state index contributed by atoms with van der Waals surface area (Å²) in [6, 6.07) is 5.22. The van der Waals surface area contributed by atoms with Crippen LogP contribution >= 0.6 is 11.8 Å². The molecule has 0 fully saturated rings. The third kappa shape index (κ3) is 3.66. The zero-order valence-electron chi connectivity index (χ0n) is 9.88. The number of aliphatic hydroxyl groups excluding tert-OH is 1. The zero-order valence-corrected chi connectivity index (χ0v) is 11.5. The summed E-state index contributed by atoms with van der Waals surface area (Å²) in [5, 5.41) is 9.26. The van der Waals surface area contributed by atoms with Crippen molar-refractivity contribution >= 4 is 21.6 Å². The maximum Gasteiger partial charge on any atom is 0.341 e. The Labute approximate surface area is 109 Å². The van der Waals surface area contributed by atoms with Crippen LogP contribution in [0.25, 0.3) is 0 Å². The normalized spacial score (nSPS) is 15.7. The molecule has 7 heteroatoms. The first-order valence-corrected chi connectivity index (χ1v) is 7.64. The molecule has 0 saturated carbocycles. The van der Waals surface area contributed by atoms with Crippen LogP contribution in [-0.2, 0) is 9.84 Å². The minimum atomic E-state index is -4.53. The third-order valence-electron chi connectivity index (χ3n) is 2.39.